The van der Waals surface area contributed by atoms with Gasteiger partial charge in [-0.2, -0.15) is 0 Å². The normalized spacial score (nSPS) is 20.3. The standard InChI is InChI=1S/C11H13BrN2S/c1-2-3-7-4-5-9-10(11(13)14-7)8(12)6-15-9/h2,6-7H,1,3-5H2,(H2,13,14). The Morgan fingerprint density at radius 2 is 2.53 bits per heavy atom. The van der Waals surface area contributed by atoms with Gasteiger partial charge in [0.25, 0.3) is 0 Å². The molecule has 80 valence electrons. The van der Waals surface area contributed by atoms with Crippen molar-refractivity contribution in [1.29, 1.82) is 0 Å². The summed E-state index contributed by atoms with van der Waals surface area (Å²) in [5.74, 6) is 0.669. The van der Waals surface area contributed by atoms with Gasteiger partial charge in [0.1, 0.15) is 5.84 Å². The number of aryl methyl sites for hydroxylation is 1. The second-order valence-electron chi connectivity index (χ2n) is 3.61. The first kappa shape index (κ1) is 10.9. The van der Waals surface area contributed by atoms with E-state index in [4.69, 9.17) is 5.73 Å². The van der Waals surface area contributed by atoms with Crippen molar-refractivity contribution in [3.63, 3.8) is 0 Å². The summed E-state index contributed by atoms with van der Waals surface area (Å²) in [6, 6.07) is 0.300. The SMILES string of the molecule is C=CCC1CCc2scc(Br)c2C(N)=N1. The smallest absolute Gasteiger partial charge is 0.128 e. The predicted molar refractivity (Wildman–Crippen MR) is 69.7 cm³/mol. The summed E-state index contributed by atoms with van der Waals surface area (Å²) in [6.07, 6.45) is 4.95. The zero-order valence-corrected chi connectivity index (χ0v) is 10.8. The van der Waals surface area contributed by atoms with Crippen molar-refractivity contribution >= 4 is 33.1 Å². The first-order valence-electron chi connectivity index (χ1n) is 4.92. The zero-order valence-electron chi connectivity index (χ0n) is 8.37. The highest BCUT2D eigenvalue weighted by atomic mass is 79.9. The predicted octanol–water partition coefficient (Wildman–Crippen LogP) is 3.11. The molecule has 0 fully saturated rings. The van der Waals surface area contributed by atoms with E-state index in [0.29, 0.717) is 11.9 Å². The molecule has 0 bridgehead atoms. The molecular weight excluding hydrogens is 272 g/mol. The van der Waals surface area contributed by atoms with E-state index in [9.17, 15) is 0 Å². The zero-order chi connectivity index (χ0) is 10.8. The number of hydrogen-bond acceptors (Lipinski definition) is 3. The number of nitrogens with two attached hydrogens (primary N) is 1. The molecule has 0 amide bonds. The van der Waals surface area contributed by atoms with E-state index in [1.165, 1.54) is 4.88 Å². The van der Waals surface area contributed by atoms with Crippen LogP contribution in [0.1, 0.15) is 23.3 Å². The largest absolute Gasteiger partial charge is 0.383 e. The molecule has 2 nitrogen and oxygen atoms in total. The van der Waals surface area contributed by atoms with Crippen LogP contribution in [0.15, 0.2) is 27.5 Å². The molecule has 0 saturated heterocycles. The van der Waals surface area contributed by atoms with Gasteiger partial charge in [0.15, 0.2) is 0 Å². The van der Waals surface area contributed by atoms with Crippen molar-refractivity contribution in [3.05, 3.63) is 32.9 Å². The average Bonchev–Trinajstić information content (AvgIpc) is 2.48. The third-order valence-corrected chi connectivity index (χ3v) is 4.52. The summed E-state index contributed by atoms with van der Waals surface area (Å²) in [5, 5.41) is 2.08. The van der Waals surface area contributed by atoms with E-state index in [1.54, 1.807) is 11.3 Å². The van der Waals surface area contributed by atoms with Crippen LogP contribution >= 0.6 is 27.3 Å². The summed E-state index contributed by atoms with van der Waals surface area (Å²) in [6.45, 7) is 3.75. The Morgan fingerprint density at radius 1 is 1.73 bits per heavy atom. The average molecular weight is 285 g/mol. The van der Waals surface area contributed by atoms with Gasteiger partial charge in [-0.25, -0.2) is 0 Å². The van der Waals surface area contributed by atoms with Crippen LogP contribution in [0.4, 0.5) is 0 Å². The molecule has 4 heteroatoms. The van der Waals surface area contributed by atoms with Gasteiger partial charge in [-0.1, -0.05) is 6.08 Å². The maximum Gasteiger partial charge on any atom is 0.128 e. The fraction of sp³-hybridized carbons (Fsp3) is 0.364. The van der Waals surface area contributed by atoms with E-state index in [2.05, 4.69) is 32.9 Å². The number of rotatable bonds is 2. The van der Waals surface area contributed by atoms with Gasteiger partial charge >= 0.3 is 0 Å². The lowest BCUT2D eigenvalue weighted by Crippen LogP contribution is -2.16. The molecule has 1 aliphatic heterocycles. The Bertz CT molecular complexity index is 409. The van der Waals surface area contributed by atoms with Gasteiger partial charge in [0, 0.05) is 20.3 Å². The van der Waals surface area contributed by atoms with E-state index >= 15 is 0 Å². The Kier molecular flexibility index (Phi) is 3.26. The van der Waals surface area contributed by atoms with Crippen LogP contribution in [0, 0.1) is 0 Å². The Morgan fingerprint density at radius 3 is 3.27 bits per heavy atom. The van der Waals surface area contributed by atoms with E-state index in [-0.39, 0.29) is 0 Å². The summed E-state index contributed by atoms with van der Waals surface area (Å²) in [5.41, 5.74) is 7.11. The number of amidine groups is 1. The molecule has 2 rings (SSSR count). The minimum atomic E-state index is 0.300. The summed E-state index contributed by atoms with van der Waals surface area (Å²) < 4.78 is 1.07. The second kappa shape index (κ2) is 4.49. The van der Waals surface area contributed by atoms with E-state index in [1.807, 2.05) is 6.08 Å². The summed E-state index contributed by atoms with van der Waals surface area (Å²) >= 11 is 5.27. The fourth-order valence-corrected chi connectivity index (χ4v) is 3.60. The van der Waals surface area contributed by atoms with E-state index < -0.39 is 0 Å². The van der Waals surface area contributed by atoms with Crippen molar-refractivity contribution in [3.8, 4) is 0 Å². The van der Waals surface area contributed by atoms with Gasteiger partial charge in [-0.15, -0.1) is 17.9 Å². The quantitative estimate of drug-likeness (QED) is 0.833. The first-order chi connectivity index (χ1) is 7.22. The summed E-state index contributed by atoms with van der Waals surface area (Å²) in [7, 11) is 0. The number of nitrogens with zero attached hydrogens (tertiary/aromatic N) is 1. The molecule has 1 aromatic heterocycles. The molecule has 1 aromatic rings. The van der Waals surface area contributed by atoms with Crippen LogP contribution in [0.3, 0.4) is 0 Å². The number of aliphatic imine (C=N–C) groups is 1. The van der Waals surface area contributed by atoms with Gasteiger partial charge in [0.05, 0.1) is 6.04 Å². The van der Waals surface area contributed by atoms with Gasteiger partial charge in [-0.05, 0) is 35.2 Å². The lowest BCUT2D eigenvalue weighted by atomic mass is 10.1. The van der Waals surface area contributed by atoms with Crippen molar-refractivity contribution < 1.29 is 0 Å². The highest BCUT2D eigenvalue weighted by Gasteiger charge is 2.19. The number of halogens is 1. The Labute approximate surface area is 102 Å². The van der Waals surface area contributed by atoms with Crippen LogP contribution in [0.2, 0.25) is 0 Å². The molecule has 0 saturated carbocycles. The van der Waals surface area contributed by atoms with Gasteiger partial charge in [-0.3, -0.25) is 4.99 Å². The first-order valence-corrected chi connectivity index (χ1v) is 6.60. The molecular formula is C11H13BrN2S. The molecule has 0 aliphatic carbocycles. The molecule has 0 spiro atoms. The molecule has 1 aliphatic rings. The third kappa shape index (κ3) is 2.16. The maximum atomic E-state index is 6.00. The lowest BCUT2D eigenvalue weighted by Gasteiger charge is -2.06. The minimum absolute atomic E-state index is 0.300. The molecule has 2 N–H and O–H groups in total. The van der Waals surface area contributed by atoms with Crippen molar-refractivity contribution in [2.75, 3.05) is 0 Å². The minimum Gasteiger partial charge on any atom is -0.383 e. The Balaban J connectivity index is 2.35. The number of hydrogen-bond donors (Lipinski definition) is 1. The molecule has 1 unspecified atom stereocenters. The van der Waals surface area contributed by atoms with Gasteiger partial charge in [0.2, 0.25) is 0 Å². The third-order valence-electron chi connectivity index (χ3n) is 2.54. The molecule has 0 aromatic carbocycles. The lowest BCUT2D eigenvalue weighted by molar-refractivity contribution is 0.633. The van der Waals surface area contributed by atoms with Crippen LogP contribution in [0.5, 0.6) is 0 Å². The molecule has 15 heavy (non-hydrogen) atoms. The van der Waals surface area contributed by atoms with Crippen LogP contribution in [-0.2, 0) is 6.42 Å². The summed E-state index contributed by atoms with van der Waals surface area (Å²) in [4.78, 5) is 5.88. The second-order valence-corrected chi connectivity index (χ2v) is 5.43. The highest BCUT2D eigenvalue weighted by Crippen LogP contribution is 2.31. The number of fused-ring (bicyclic) bond motifs is 1. The number of thiophene rings is 1. The monoisotopic (exact) mass is 284 g/mol. The maximum absolute atomic E-state index is 6.00. The fourth-order valence-electron chi connectivity index (χ4n) is 1.81. The van der Waals surface area contributed by atoms with Crippen molar-refractivity contribution in [1.82, 2.24) is 0 Å². The Hall–Kier alpha value is -0.610. The van der Waals surface area contributed by atoms with Crippen LogP contribution in [-0.4, -0.2) is 11.9 Å². The topological polar surface area (TPSA) is 38.4 Å². The van der Waals surface area contributed by atoms with Gasteiger partial charge < -0.3 is 5.73 Å². The van der Waals surface area contributed by atoms with E-state index in [0.717, 1.165) is 29.3 Å². The highest BCUT2D eigenvalue weighted by molar-refractivity contribution is 9.10. The molecule has 2 heterocycles. The van der Waals surface area contributed by atoms with Crippen molar-refractivity contribution in [2.24, 2.45) is 10.7 Å². The molecule has 0 radical (unpaired) electrons. The van der Waals surface area contributed by atoms with Crippen molar-refractivity contribution in [2.45, 2.75) is 25.3 Å². The molecule has 1 atom stereocenters. The van der Waals surface area contributed by atoms with Crippen LogP contribution < -0.4 is 5.73 Å². The van der Waals surface area contributed by atoms with Crippen LogP contribution in [0.25, 0.3) is 0 Å².